The van der Waals surface area contributed by atoms with Gasteiger partial charge in [0.2, 0.25) is 10.0 Å². The van der Waals surface area contributed by atoms with Crippen LogP contribution in [-0.2, 0) is 16.6 Å². The van der Waals surface area contributed by atoms with E-state index in [2.05, 4.69) is 4.72 Å². The maximum absolute atomic E-state index is 13.3. The molecule has 4 nitrogen and oxygen atoms in total. The predicted molar refractivity (Wildman–Crippen MR) is 81.1 cm³/mol. The number of nitrogens with one attached hydrogen (secondary N) is 1. The van der Waals surface area contributed by atoms with Gasteiger partial charge in [0, 0.05) is 34.6 Å². The molecule has 8 heteroatoms. The molecule has 0 spiro atoms. The fourth-order valence-corrected chi connectivity index (χ4v) is 5.63. The van der Waals surface area contributed by atoms with E-state index in [-0.39, 0.29) is 15.7 Å². The highest BCUT2D eigenvalue weighted by molar-refractivity contribution is 8.06. The zero-order valence-corrected chi connectivity index (χ0v) is 13.2. The zero-order chi connectivity index (χ0) is 14.6. The van der Waals surface area contributed by atoms with E-state index in [4.69, 9.17) is 5.11 Å². The fraction of sp³-hybridized carbons (Fsp3) is 0.500. The van der Waals surface area contributed by atoms with Gasteiger partial charge < -0.3 is 5.11 Å². The Balaban J connectivity index is 2.05. The highest BCUT2D eigenvalue weighted by Gasteiger charge is 2.20. The Bertz CT molecular complexity index is 559. The first kappa shape index (κ1) is 16.1. The molecule has 1 aliphatic heterocycles. The molecular weight excluding hydrogens is 321 g/mol. The number of thioether (sulfide) groups is 2. The summed E-state index contributed by atoms with van der Waals surface area (Å²) in [7, 11) is -3.66. The van der Waals surface area contributed by atoms with E-state index >= 15 is 0 Å². The second-order valence-electron chi connectivity index (χ2n) is 4.33. The normalized spacial score (nSPS) is 20.0. The van der Waals surface area contributed by atoms with Crippen LogP contribution in [0.25, 0.3) is 0 Å². The van der Waals surface area contributed by atoms with Crippen LogP contribution in [0.4, 0.5) is 4.39 Å². The number of aliphatic hydroxyl groups excluding tert-OH is 1. The van der Waals surface area contributed by atoms with Gasteiger partial charge >= 0.3 is 0 Å². The summed E-state index contributed by atoms with van der Waals surface area (Å²) in [5, 5.41) is 9.25. The summed E-state index contributed by atoms with van der Waals surface area (Å²) in [6.07, 6.45) is 0. The molecule has 20 heavy (non-hydrogen) atoms. The third kappa shape index (κ3) is 4.11. The molecule has 1 aliphatic rings. The van der Waals surface area contributed by atoms with Crippen LogP contribution in [0.15, 0.2) is 23.1 Å². The molecule has 1 aromatic rings. The minimum absolute atomic E-state index is 0.0172. The van der Waals surface area contributed by atoms with Gasteiger partial charge in [-0.3, -0.25) is 0 Å². The molecule has 0 amide bonds. The van der Waals surface area contributed by atoms with Crippen LogP contribution < -0.4 is 4.72 Å². The molecule has 0 bridgehead atoms. The van der Waals surface area contributed by atoms with Crippen molar-refractivity contribution in [1.82, 2.24) is 4.72 Å². The second-order valence-corrected chi connectivity index (χ2v) is 8.66. The molecule has 1 atom stereocenters. The van der Waals surface area contributed by atoms with Gasteiger partial charge in [-0.2, -0.15) is 23.5 Å². The van der Waals surface area contributed by atoms with Crippen LogP contribution >= 0.6 is 23.5 Å². The van der Waals surface area contributed by atoms with Crippen molar-refractivity contribution in [2.45, 2.75) is 16.8 Å². The average molecular weight is 337 g/mol. The van der Waals surface area contributed by atoms with E-state index in [9.17, 15) is 12.8 Å². The molecule has 2 N–H and O–H groups in total. The number of halogens is 1. The summed E-state index contributed by atoms with van der Waals surface area (Å²) >= 11 is 3.58. The Hall–Kier alpha value is -0.280. The lowest BCUT2D eigenvalue weighted by atomic mass is 10.2. The van der Waals surface area contributed by atoms with Gasteiger partial charge in [0.1, 0.15) is 5.82 Å². The first-order chi connectivity index (χ1) is 9.53. The van der Waals surface area contributed by atoms with Gasteiger partial charge in [-0.15, -0.1) is 0 Å². The first-order valence-electron chi connectivity index (χ1n) is 6.11. The van der Waals surface area contributed by atoms with Crippen LogP contribution in [0.1, 0.15) is 5.56 Å². The third-order valence-corrected chi connectivity index (χ3v) is 7.15. The van der Waals surface area contributed by atoms with Gasteiger partial charge in [-0.05, 0) is 18.2 Å². The van der Waals surface area contributed by atoms with Gasteiger partial charge in [0.15, 0.2) is 0 Å². The first-order valence-corrected chi connectivity index (χ1v) is 9.80. The van der Waals surface area contributed by atoms with Crippen molar-refractivity contribution in [2.75, 3.05) is 23.8 Å². The number of benzene rings is 1. The van der Waals surface area contributed by atoms with Gasteiger partial charge in [-0.25, -0.2) is 17.5 Å². The Morgan fingerprint density at radius 3 is 2.85 bits per heavy atom. The van der Waals surface area contributed by atoms with Crippen molar-refractivity contribution < 1.29 is 17.9 Å². The molecule has 0 aliphatic carbocycles. The minimum Gasteiger partial charge on any atom is -0.392 e. The lowest BCUT2D eigenvalue weighted by Crippen LogP contribution is -2.33. The van der Waals surface area contributed by atoms with Crippen molar-refractivity contribution in [3.8, 4) is 0 Å². The van der Waals surface area contributed by atoms with Gasteiger partial charge in [0.05, 0.1) is 11.5 Å². The van der Waals surface area contributed by atoms with E-state index in [1.54, 1.807) is 11.8 Å². The van der Waals surface area contributed by atoms with E-state index in [1.165, 1.54) is 12.1 Å². The topological polar surface area (TPSA) is 66.4 Å². The average Bonchev–Trinajstić information content (AvgIpc) is 2.46. The number of hydrogen-bond acceptors (Lipinski definition) is 5. The summed E-state index contributed by atoms with van der Waals surface area (Å²) < 4.78 is 40.0. The molecule has 0 aromatic heterocycles. The fourth-order valence-electron chi connectivity index (χ4n) is 1.78. The molecule has 1 unspecified atom stereocenters. The van der Waals surface area contributed by atoms with E-state index in [1.807, 2.05) is 11.8 Å². The monoisotopic (exact) mass is 337 g/mol. The minimum atomic E-state index is -3.66. The van der Waals surface area contributed by atoms with Gasteiger partial charge in [0.25, 0.3) is 0 Å². The molecule has 2 rings (SSSR count). The van der Waals surface area contributed by atoms with Crippen molar-refractivity contribution >= 4 is 33.5 Å². The van der Waals surface area contributed by atoms with Crippen molar-refractivity contribution in [3.63, 3.8) is 0 Å². The molecule has 112 valence electrons. The summed E-state index contributed by atoms with van der Waals surface area (Å²) in [6.45, 7) is -0.157. The number of rotatable bonds is 5. The molecular formula is C12H16FNO3S3. The molecule has 1 fully saturated rings. The largest absolute Gasteiger partial charge is 0.392 e. The predicted octanol–water partition coefficient (Wildman–Crippen LogP) is 1.44. The number of hydrogen-bond donors (Lipinski definition) is 2. The molecule has 0 radical (unpaired) electrons. The summed E-state index contributed by atoms with van der Waals surface area (Å²) in [5.74, 6) is 2.46. The van der Waals surface area contributed by atoms with Gasteiger partial charge in [-0.1, -0.05) is 0 Å². The van der Waals surface area contributed by atoms with E-state index in [0.717, 1.165) is 23.3 Å². The van der Waals surface area contributed by atoms with Crippen molar-refractivity contribution in [2.24, 2.45) is 0 Å². The van der Waals surface area contributed by atoms with Crippen molar-refractivity contribution in [1.29, 1.82) is 0 Å². The smallest absolute Gasteiger partial charge is 0.240 e. The number of aliphatic hydroxyl groups is 1. The van der Waals surface area contributed by atoms with Crippen LogP contribution in [0.2, 0.25) is 0 Å². The maximum Gasteiger partial charge on any atom is 0.240 e. The second kappa shape index (κ2) is 7.13. The molecule has 1 aromatic carbocycles. The number of sulfonamides is 1. The van der Waals surface area contributed by atoms with Crippen LogP contribution in [0, 0.1) is 5.82 Å². The zero-order valence-electron chi connectivity index (χ0n) is 10.7. The Morgan fingerprint density at radius 1 is 1.40 bits per heavy atom. The molecule has 1 heterocycles. The summed E-state index contributed by atoms with van der Waals surface area (Å²) in [5.41, 5.74) is -0.0181. The van der Waals surface area contributed by atoms with E-state index < -0.39 is 22.4 Å². The lowest BCUT2D eigenvalue weighted by Gasteiger charge is -2.21. The quantitative estimate of drug-likeness (QED) is 0.851. The molecule has 0 saturated carbocycles. The van der Waals surface area contributed by atoms with E-state index in [0.29, 0.717) is 6.54 Å². The standard InChI is InChI=1S/C12H16FNO3S3/c13-12-2-1-11(5-9(12)7-15)20(16,17)14-6-10-8-18-3-4-19-10/h1-2,5,10,14-15H,3-4,6-8H2. The van der Waals surface area contributed by atoms with Crippen LogP contribution in [0.5, 0.6) is 0 Å². The summed E-state index contributed by atoms with van der Waals surface area (Å²) in [4.78, 5) is -0.0172. The highest BCUT2D eigenvalue weighted by Crippen LogP contribution is 2.24. The Morgan fingerprint density at radius 2 is 2.20 bits per heavy atom. The SMILES string of the molecule is O=S(=O)(NCC1CSCCS1)c1ccc(F)c(CO)c1. The Labute approximate surface area is 126 Å². The summed E-state index contributed by atoms with van der Waals surface area (Å²) in [6, 6.07) is 3.44. The maximum atomic E-state index is 13.3. The van der Waals surface area contributed by atoms with Crippen LogP contribution in [0.3, 0.4) is 0 Å². The molecule has 1 saturated heterocycles. The third-order valence-electron chi connectivity index (χ3n) is 2.88. The highest BCUT2D eigenvalue weighted by atomic mass is 32.2. The lowest BCUT2D eigenvalue weighted by molar-refractivity contribution is 0.275. The van der Waals surface area contributed by atoms with Crippen molar-refractivity contribution in [3.05, 3.63) is 29.6 Å². The van der Waals surface area contributed by atoms with Crippen LogP contribution in [-0.4, -0.2) is 42.6 Å². The Kier molecular flexibility index (Phi) is 5.74.